The Hall–Kier alpha value is -0.970. The van der Waals surface area contributed by atoms with E-state index in [1.807, 2.05) is 6.07 Å². The van der Waals surface area contributed by atoms with Crippen molar-refractivity contribution in [3.05, 3.63) is 35.1 Å². The molecule has 1 heterocycles. The molecule has 104 valence electrons. The number of halogens is 1. The number of benzene rings is 1. The molecule has 4 heteroatoms. The second-order valence-corrected chi connectivity index (χ2v) is 5.93. The van der Waals surface area contributed by atoms with Crippen molar-refractivity contribution < 1.29 is 9.50 Å². The van der Waals surface area contributed by atoms with Gasteiger partial charge in [-0.15, -0.1) is 0 Å². The minimum Gasteiger partial charge on any atom is -0.393 e. The Balaban J connectivity index is 1.68. The van der Waals surface area contributed by atoms with Gasteiger partial charge < -0.3 is 10.8 Å². The van der Waals surface area contributed by atoms with Crippen LogP contribution in [0.3, 0.4) is 0 Å². The number of likely N-dealkylation sites (tertiary alicyclic amines) is 1. The van der Waals surface area contributed by atoms with Gasteiger partial charge in [0.25, 0.3) is 0 Å². The third-order valence-corrected chi connectivity index (χ3v) is 4.55. The van der Waals surface area contributed by atoms with Gasteiger partial charge in [-0.25, -0.2) is 4.39 Å². The minimum absolute atomic E-state index is 0.137. The average molecular weight is 264 g/mol. The summed E-state index contributed by atoms with van der Waals surface area (Å²) in [6.07, 6.45) is 1.93. The van der Waals surface area contributed by atoms with E-state index in [1.165, 1.54) is 6.07 Å². The first kappa shape index (κ1) is 13.0. The van der Waals surface area contributed by atoms with E-state index in [9.17, 15) is 9.50 Å². The predicted octanol–water partition coefficient (Wildman–Crippen LogP) is 1.49. The molecule has 0 aromatic heterocycles. The average Bonchev–Trinajstić information content (AvgIpc) is 2.91. The molecule has 1 aromatic carbocycles. The van der Waals surface area contributed by atoms with Gasteiger partial charge in [0.2, 0.25) is 0 Å². The molecule has 19 heavy (non-hydrogen) atoms. The normalized spacial score (nSPS) is 30.8. The maximum atomic E-state index is 13.5. The van der Waals surface area contributed by atoms with Gasteiger partial charge in [0.05, 0.1) is 6.10 Å². The topological polar surface area (TPSA) is 49.5 Å². The standard InChI is InChI=1S/C15H21FN2O/c16-13-4-10(6-17)3-11(5-13)7-18-8-12-1-2-15(19)14(12)9-18/h3-5,12,14-15,19H,1-2,6-9,17H2. The Bertz CT molecular complexity index is 465. The fourth-order valence-corrected chi connectivity index (χ4v) is 3.64. The number of fused-ring (bicyclic) bond motifs is 1. The van der Waals surface area contributed by atoms with E-state index in [1.54, 1.807) is 6.07 Å². The van der Waals surface area contributed by atoms with E-state index in [-0.39, 0.29) is 11.9 Å². The number of aliphatic hydroxyl groups is 1. The van der Waals surface area contributed by atoms with Crippen molar-refractivity contribution >= 4 is 0 Å². The Morgan fingerprint density at radius 3 is 2.74 bits per heavy atom. The molecule has 3 N–H and O–H groups in total. The summed E-state index contributed by atoms with van der Waals surface area (Å²) in [7, 11) is 0. The van der Waals surface area contributed by atoms with E-state index < -0.39 is 0 Å². The predicted molar refractivity (Wildman–Crippen MR) is 71.8 cm³/mol. The van der Waals surface area contributed by atoms with Gasteiger partial charge in [-0.05, 0) is 42.0 Å². The van der Waals surface area contributed by atoms with Crippen molar-refractivity contribution in [2.45, 2.75) is 32.0 Å². The molecule has 0 bridgehead atoms. The van der Waals surface area contributed by atoms with Crippen LogP contribution in [0.15, 0.2) is 18.2 Å². The number of nitrogens with zero attached hydrogens (tertiary/aromatic N) is 1. The molecule has 3 nitrogen and oxygen atoms in total. The molecule has 0 radical (unpaired) electrons. The number of aliphatic hydroxyl groups excluding tert-OH is 1. The Morgan fingerprint density at radius 2 is 2.00 bits per heavy atom. The Morgan fingerprint density at radius 1 is 1.21 bits per heavy atom. The fourth-order valence-electron chi connectivity index (χ4n) is 3.64. The van der Waals surface area contributed by atoms with Gasteiger partial charge in [0, 0.05) is 32.1 Å². The first-order valence-corrected chi connectivity index (χ1v) is 7.04. The number of nitrogens with two attached hydrogens (primary N) is 1. The summed E-state index contributed by atoms with van der Waals surface area (Å²) in [5.74, 6) is 0.831. The van der Waals surface area contributed by atoms with E-state index in [2.05, 4.69) is 4.90 Å². The lowest BCUT2D eigenvalue weighted by molar-refractivity contribution is 0.123. The van der Waals surface area contributed by atoms with Gasteiger partial charge in [0.15, 0.2) is 0 Å². The summed E-state index contributed by atoms with van der Waals surface area (Å²) in [4.78, 5) is 2.33. The fraction of sp³-hybridized carbons (Fsp3) is 0.600. The molecule has 2 fully saturated rings. The van der Waals surface area contributed by atoms with Crippen LogP contribution in [0.1, 0.15) is 24.0 Å². The van der Waals surface area contributed by atoms with Crippen molar-refractivity contribution in [1.29, 1.82) is 0 Å². The molecule has 1 saturated carbocycles. The largest absolute Gasteiger partial charge is 0.393 e. The molecule has 2 aliphatic rings. The third-order valence-electron chi connectivity index (χ3n) is 4.55. The van der Waals surface area contributed by atoms with E-state index >= 15 is 0 Å². The second kappa shape index (κ2) is 5.19. The lowest BCUT2D eigenvalue weighted by Crippen LogP contribution is -2.24. The van der Waals surface area contributed by atoms with Crippen LogP contribution in [0.5, 0.6) is 0 Å². The van der Waals surface area contributed by atoms with Gasteiger partial charge >= 0.3 is 0 Å². The SMILES string of the molecule is NCc1cc(F)cc(CN2CC3CCC(O)C3C2)c1. The summed E-state index contributed by atoms with van der Waals surface area (Å²) >= 11 is 0. The van der Waals surface area contributed by atoms with Crippen LogP contribution >= 0.6 is 0 Å². The zero-order chi connectivity index (χ0) is 13.4. The molecule has 0 amide bonds. The number of hydrogen-bond acceptors (Lipinski definition) is 3. The van der Waals surface area contributed by atoms with E-state index in [0.29, 0.717) is 18.4 Å². The second-order valence-electron chi connectivity index (χ2n) is 5.93. The summed E-state index contributed by atoms with van der Waals surface area (Å²) < 4.78 is 13.5. The van der Waals surface area contributed by atoms with Crippen LogP contribution < -0.4 is 5.73 Å². The summed E-state index contributed by atoms with van der Waals surface area (Å²) in [5.41, 5.74) is 7.40. The maximum Gasteiger partial charge on any atom is 0.123 e. The number of hydrogen-bond donors (Lipinski definition) is 2. The molecule has 1 aliphatic carbocycles. The highest BCUT2D eigenvalue weighted by molar-refractivity contribution is 5.24. The summed E-state index contributed by atoms with van der Waals surface area (Å²) in [6, 6.07) is 5.06. The smallest absolute Gasteiger partial charge is 0.123 e. The molecule has 3 atom stereocenters. The molecule has 1 aromatic rings. The quantitative estimate of drug-likeness (QED) is 0.869. The first-order valence-electron chi connectivity index (χ1n) is 7.04. The first-order chi connectivity index (χ1) is 9.15. The summed E-state index contributed by atoms with van der Waals surface area (Å²) in [6.45, 7) is 3.08. The molecule has 3 unspecified atom stereocenters. The lowest BCUT2D eigenvalue weighted by atomic mass is 10.00. The zero-order valence-corrected chi connectivity index (χ0v) is 11.1. The van der Waals surface area contributed by atoms with Crippen LogP contribution in [0.25, 0.3) is 0 Å². The van der Waals surface area contributed by atoms with Crippen molar-refractivity contribution in [2.24, 2.45) is 17.6 Å². The van der Waals surface area contributed by atoms with Crippen LogP contribution in [0, 0.1) is 17.7 Å². The van der Waals surface area contributed by atoms with E-state index in [4.69, 9.17) is 5.73 Å². The van der Waals surface area contributed by atoms with Crippen molar-refractivity contribution in [3.63, 3.8) is 0 Å². The van der Waals surface area contributed by atoms with Gasteiger partial charge in [-0.2, -0.15) is 0 Å². The molecule has 1 aliphatic heterocycles. The van der Waals surface area contributed by atoms with Gasteiger partial charge in [-0.1, -0.05) is 6.07 Å². The van der Waals surface area contributed by atoms with Crippen LogP contribution in [-0.2, 0) is 13.1 Å². The highest BCUT2D eigenvalue weighted by Crippen LogP contribution is 2.38. The van der Waals surface area contributed by atoms with Crippen molar-refractivity contribution in [3.8, 4) is 0 Å². The van der Waals surface area contributed by atoms with Crippen molar-refractivity contribution in [2.75, 3.05) is 13.1 Å². The summed E-state index contributed by atoms with van der Waals surface area (Å²) in [5, 5.41) is 9.91. The van der Waals surface area contributed by atoms with Crippen molar-refractivity contribution in [1.82, 2.24) is 4.90 Å². The molecule has 0 spiro atoms. The Kier molecular flexibility index (Phi) is 3.56. The van der Waals surface area contributed by atoms with Crippen LogP contribution in [0.4, 0.5) is 4.39 Å². The van der Waals surface area contributed by atoms with Gasteiger partial charge in [-0.3, -0.25) is 4.90 Å². The molecule has 1 saturated heterocycles. The number of rotatable bonds is 3. The third kappa shape index (κ3) is 2.66. The molecular formula is C15H21FN2O. The zero-order valence-electron chi connectivity index (χ0n) is 11.1. The maximum absolute atomic E-state index is 13.5. The van der Waals surface area contributed by atoms with Crippen LogP contribution in [0.2, 0.25) is 0 Å². The van der Waals surface area contributed by atoms with E-state index in [0.717, 1.165) is 43.6 Å². The van der Waals surface area contributed by atoms with Crippen LogP contribution in [-0.4, -0.2) is 29.2 Å². The molecular weight excluding hydrogens is 243 g/mol. The highest BCUT2D eigenvalue weighted by atomic mass is 19.1. The lowest BCUT2D eigenvalue weighted by Gasteiger charge is -2.18. The minimum atomic E-state index is -0.211. The highest BCUT2D eigenvalue weighted by Gasteiger charge is 2.41. The van der Waals surface area contributed by atoms with Gasteiger partial charge in [0.1, 0.15) is 5.82 Å². The molecule has 3 rings (SSSR count). The monoisotopic (exact) mass is 264 g/mol. The Labute approximate surface area is 113 Å².